The lowest BCUT2D eigenvalue weighted by molar-refractivity contribution is -0.140. The number of carbonyl (C=O) groups is 13. The van der Waals surface area contributed by atoms with Gasteiger partial charge in [-0.2, -0.15) is 0 Å². The number of amides is 3. The molecule has 0 spiro atoms. The van der Waals surface area contributed by atoms with Crippen LogP contribution in [0.4, 0.5) is 0 Å². The second-order valence-corrected chi connectivity index (χ2v) is 17.0. The fourth-order valence-corrected chi connectivity index (χ4v) is 4.65. The number of aliphatic hydroxyl groups excluding tert-OH is 1. The third kappa shape index (κ3) is 185. The molecule has 3 amide bonds. The number of benzene rings is 3. The quantitative estimate of drug-likeness (QED) is 0.0948. The number of piperidine rings is 1. The van der Waals surface area contributed by atoms with Crippen LogP contribution in [0.5, 0.6) is 0 Å². The summed E-state index contributed by atoms with van der Waals surface area (Å²) in [6, 6.07) is 29.2. The topological polar surface area (TPSA) is 531 Å². The molecule has 26 nitrogen and oxygen atoms in total. The molecule has 96 heavy (non-hydrogen) atoms. The summed E-state index contributed by atoms with van der Waals surface area (Å²) in [6.45, 7) is 56.1. The number of aliphatic hydroxyl groups is 1. The van der Waals surface area contributed by atoms with Crippen LogP contribution in [0, 0.1) is 17.8 Å². The van der Waals surface area contributed by atoms with Gasteiger partial charge in [-0.3, -0.25) is 14.4 Å². The first kappa shape index (κ1) is 163. The molecule has 0 radical (unpaired) electrons. The van der Waals surface area contributed by atoms with Crippen molar-refractivity contribution in [2.45, 2.75) is 188 Å². The Balaban J connectivity index is -0.0000000288. The standard InChI is InChI=1S/C20H29N3O3.2C8H10.C5H12.2C4H10.C3H8O.C2H6.5CH5N.10CH2O.CH4.4H3N/c1-15(20(26)23-12-8-5-9-13-23)21-19(25)18(22(3)16(2)24)14-17-10-6-4-7-11-17;2*1-2-8-6-4-3-5-7-8;1-4-5(2)3;2*1-4(2)3;1-3(2)4;16*1-2;;;;;/h4,6-7,10-11,15,18H,5,8-9,12-14H2,1-3H3,(H,21,25);2*3-7H,2H2,1H3;5H,4H2,1-3H3;2*4H,1-3H3;3-4H,1-2H3;1-2H3;5*2H2,1H3;10*1H2;1H4;4*1H3/t15-,18-;;;;;;;;;;;;;;;;;;;;;;;;;;;/m0.........................../s1. The molecule has 580 valence electrons. The van der Waals surface area contributed by atoms with Crippen molar-refractivity contribution in [2.75, 3.05) is 55.4 Å². The van der Waals surface area contributed by atoms with Crippen molar-refractivity contribution >= 4 is 85.6 Å². The van der Waals surface area contributed by atoms with E-state index in [9.17, 15) is 14.4 Å². The lowest BCUT2D eigenvalue weighted by atomic mass is 10.0. The van der Waals surface area contributed by atoms with E-state index in [0.717, 1.165) is 68.5 Å². The number of aryl methyl sites for hydroxylation is 2. The maximum Gasteiger partial charge on any atom is 0.244 e. The minimum absolute atomic E-state index is 0. The first-order valence-electron chi connectivity index (χ1n) is 29.1. The molecule has 3 aromatic rings. The van der Waals surface area contributed by atoms with Gasteiger partial charge in [-0.1, -0.05) is 195 Å². The van der Waals surface area contributed by atoms with E-state index in [-0.39, 0.29) is 55.9 Å². The summed E-state index contributed by atoms with van der Waals surface area (Å²) in [5.41, 5.74) is 26.3. The third-order valence-electron chi connectivity index (χ3n) is 8.25. The van der Waals surface area contributed by atoms with Gasteiger partial charge in [0.05, 0.1) is 0 Å². The zero-order valence-corrected chi connectivity index (χ0v) is 64.4. The predicted octanol–water partition coefficient (Wildman–Crippen LogP) is 10.2. The molecule has 1 heterocycles. The van der Waals surface area contributed by atoms with E-state index >= 15 is 0 Å². The molecule has 0 bridgehead atoms. The molecule has 4 rings (SSSR count). The summed E-state index contributed by atoms with van der Waals surface area (Å²) < 4.78 is 0. The molecule has 0 aromatic heterocycles. The lowest BCUT2D eigenvalue weighted by Gasteiger charge is -2.31. The number of rotatable bonds is 9. The van der Waals surface area contributed by atoms with E-state index in [1.54, 1.807) is 27.8 Å². The third-order valence-corrected chi connectivity index (χ3v) is 8.25. The van der Waals surface area contributed by atoms with Gasteiger partial charge in [-0.05, 0) is 123 Å². The molecule has 0 unspecified atom stereocenters. The van der Waals surface area contributed by atoms with Gasteiger partial charge >= 0.3 is 0 Å². The Hall–Kier alpha value is -7.63. The number of hydrogen-bond acceptors (Lipinski definition) is 23. The molecule has 26 heteroatoms. The van der Waals surface area contributed by atoms with Gasteiger partial charge < -0.3 is 121 Å². The van der Waals surface area contributed by atoms with Crippen LogP contribution in [0.25, 0.3) is 0 Å². The van der Waals surface area contributed by atoms with Crippen molar-refractivity contribution in [1.82, 2.24) is 39.7 Å². The maximum absolute atomic E-state index is 12.8. The van der Waals surface area contributed by atoms with Gasteiger partial charge in [0.15, 0.2) is 0 Å². The average molecular weight is 1390 g/mol. The van der Waals surface area contributed by atoms with E-state index in [1.807, 2.05) is 129 Å². The molecule has 0 aliphatic carbocycles. The average Bonchev–Trinajstić information content (AvgIpc) is 1.83. The van der Waals surface area contributed by atoms with Crippen LogP contribution in [-0.4, -0.2) is 174 Å². The van der Waals surface area contributed by atoms with E-state index in [4.69, 9.17) is 53.1 Å². The van der Waals surface area contributed by atoms with E-state index in [2.05, 4.69) is 159 Å². The van der Waals surface area contributed by atoms with Gasteiger partial charge in [0, 0.05) is 39.6 Å². The molecular formula is C70H156N12O14. The van der Waals surface area contributed by atoms with Gasteiger partial charge in [-0.15, -0.1) is 0 Å². The Bertz CT molecular complexity index is 1530. The Kier molecular flexibility index (Phi) is 314. The monoisotopic (exact) mass is 1390 g/mol. The van der Waals surface area contributed by atoms with Crippen LogP contribution in [0.2, 0.25) is 0 Å². The number of nitrogens with one attached hydrogen (secondary N) is 1. The van der Waals surface area contributed by atoms with Crippen molar-refractivity contribution in [3.8, 4) is 0 Å². The molecule has 24 N–H and O–H groups in total. The van der Waals surface area contributed by atoms with Crippen LogP contribution < -0.4 is 58.6 Å². The number of hydrogen-bond donors (Lipinski definition) is 11. The SMILES string of the molecule is C.C=O.C=O.C=O.C=O.C=O.C=O.C=O.C=O.C=O.C=O.CC.CC(=O)N(C)[C@@H](Cc1ccccc1)C(=O)N[C@@H](C)C(=O)N1CCCCC1.CC(C)C.CC(C)C.CC(C)O.CCC(C)C.CCc1ccccc1.CCc1ccccc1.CN.CN.CN.CN.CN.N.N.N.N. The molecule has 1 aliphatic heterocycles. The number of likely N-dealkylation sites (tertiary alicyclic amines) is 1. The van der Waals surface area contributed by atoms with Crippen LogP contribution in [0.1, 0.15) is 168 Å². The highest BCUT2D eigenvalue weighted by molar-refractivity contribution is 5.91. The predicted molar refractivity (Wildman–Crippen MR) is 415 cm³/mol. The molecular weight excluding hydrogens is 1230 g/mol. The molecule has 0 saturated carbocycles. The highest BCUT2D eigenvalue weighted by atomic mass is 16.3. The van der Waals surface area contributed by atoms with Gasteiger partial charge in [0.1, 0.15) is 80.0 Å². The fraction of sp³-hybridized carbons (Fsp3) is 0.557. The van der Waals surface area contributed by atoms with Crippen LogP contribution in [0.3, 0.4) is 0 Å². The van der Waals surface area contributed by atoms with Crippen LogP contribution in [-0.2, 0) is 81.6 Å². The van der Waals surface area contributed by atoms with E-state index < -0.39 is 12.1 Å². The minimum atomic E-state index is -0.647. The molecule has 1 saturated heterocycles. The molecule has 2 atom stereocenters. The first-order valence-corrected chi connectivity index (χ1v) is 29.1. The van der Waals surface area contributed by atoms with Crippen LogP contribution >= 0.6 is 0 Å². The Morgan fingerprint density at radius 3 is 0.823 bits per heavy atom. The highest BCUT2D eigenvalue weighted by Gasteiger charge is 2.29. The summed E-state index contributed by atoms with van der Waals surface area (Å²) in [6.07, 6.45) is 6.99. The minimum Gasteiger partial charge on any atom is -0.394 e. The zero-order valence-electron chi connectivity index (χ0n) is 64.4. The summed E-state index contributed by atoms with van der Waals surface area (Å²) in [5, 5.41) is 10.9. The fourth-order valence-electron chi connectivity index (χ4n) is 4.65. The van der Waals surface area contributed by atoms with E-state index in [0.29, 0.717) is 6.42 Å². The normalized spacial score (nSPS) is 8.41. The Morgan fingerprint density at radius 2 is 0.656 bits per heavy atom. The summed E-state index contributed by atoms with van der Waals surface area (Å²) in [7, 11) is 9.12. The first-order chi connectivity index (χ1) is 43.7. The molecule has 1 fully saturated rings. The Labute approximate surface area is 588 Å². The van der Waals surface area contributed by atoms with Crippen molar-refractivity contribution in [2.24, 2.45) is 46.4 Å². The van der Waals surface area contributed by atoms with Crippen molar-refractivity contribution in [1.29, 1.82) is 0 Å². The van der Waals surface area contributed by atoms with Crippen molar-refractivity contribution in [3.05, 3.63) is 108 Å². The lowest BCUT2D eigenvalue weighted by Crippen LogP contribution is -2.54. The number of nitrogens with two attached hydrogens (primary N) is 5. The summed E-state index contributed by atoms with van der Waals surface area (Å²) >= 11 is 0. The molecule has 1 aliphatic rings. The summed E-state index contributed by atoms with van der Waals surface area (Å²) in [5.74, 6) is 2.01. The van der Waals surface area contributed by atoms with Gasteiger partial charge in [0.25, 0.3) is 0 Å². The maximum atomic E-state index is 12.8. The number of nitrogens with zero attached hydrogens (tertiary/aromatic N) is 2. The van der Waals surface area contributed by atoms with Crippen molar-refractivity contribution < 1.29 is 67.4 Å². The smallest absolute Gasteiger partial charge is 0.244 e. The van der Waals surface area contributed by atoms with Crippen LogP contribution in [0.15, 0.2) is 91.0 Å². The second kappa shape index (κ2) is 185. The van der Waals surface area contributed by atoms with Gasteiger partial charge in [-0.25, -0.2) is 0 Å². The van der Waals surface area contributed by atoms with Crippen molar-refractivity contribution in [3.63, 3.8) is 0 Å². The molecule has 3 aromatic carbocycles. The Morgan fingerprint density at radius 1 is 0.458 bits per heavy atom. The second-order valence-electron chi connectivity index (χ2n) is 17.0. The van der Waals surface area contributed by atoms with E-state index in [1.165, 1.54) is 64.6 Å². The van der Waals surface area contributed by atoms with Gasteiger partial charge in [0.2, 0.25) is 17.7 Å². The zero-order chi connectivity index (χ0) is 77.8. The number of carbonyl (C=O) groups excluding carboxylic acids is 13. The highest BCUT2D eigenvalue weighted by Crippen LogP contribution is 2.12. The largest absolute Gasteiger partial charge is 0.394 e. The summed E-state index contributed by atoms with van der Waals surface area (Å²) in [4.78, 5) is 120. The number of likely N-dealkylation sites (N-methyl/N-ethyl adjacent to an activating group) is 1.